The molecule has 0 aliphatic heterocycles. The Bertz CT molecular complexity index is 478. The van der Waals surface area contributed by atoms with Crippen LogP contribution < -0.4 is 0 Å². The van der Waals surface area contributed by atoms with Crippen molar-refractivity contribution in [2.24, 2.45) is 0 Å². The van der Waals surface area contributed by atoms with Crippen molar-refractivity contribution in [3.63, 3.8) is 0 Å². The van der Waals surface area contributed by atoms with Crippen LogP contribution in [0, 0.1) is 18.3 Å². The molecular weight excluding hydrogens is 190 g/mol. The van der Waals surface area contributed by atoms with E-state index in [0.29, 0.717) is 0 Å². The minimum Gasteiger partial charge on any atom is -0.192 e. The average molecular weight is 199 g/mol. The minimum absolute atomic E-state index is 0.755. The van der Waals surface area contributed by atoms with Gasteiger partial charge in [-0.15, -0.1) is 11.3 Å². The molecular formula is C12H9NS. The molecule has 0 fully saturated rings. The molecule has 2 heteroatoms. The summed E-state index contributed by atoms with van der Waals surface area (Å²) in [5, 5.41) is 10.9. The van der Waals surface area contributed by atoms with Gasteiger partial charge < -0.3 is 0 Å². The quantitative estimate of drug-likeness (QED) is 0.688. The fraction of sp³-hybridized carbons (Fsp3) is 0.0833. The summed E-state index contributed by atoms with van der Waals surface area (Å²) in [4.78, 5) is 1.25. The highest BCUT2D eigenvalue weighted by Crippen LogP contribution is 2.26. The molecule has 1 heterocycles. The van der Waals surface area contributed by atoms with Crippen LogP contribution in [0.25, 0.3) is 10.4 Å². The highest BCUT2D eigenvalue weighted by molar-refractivity contribution is 7.13. The topological polar surface area (TPSA) is 23.8 Å². The lowest BCUT2D eigenvalue weighted by Crippen LogP contribution is -1.82. The lowest BCUT2D eigenvalue weighted by Gasteiger charge is -2.00. The average Bonchev–Trinajstić information content (AvgIpc) is 2.70. The van der Waals surface area contributed by atoms with Gasteiger partial charge in [-0.2, -0.15) is 5.26 Å². The molecule has 0 aliphatic carbocycles. The number of hydrogen-bond acceptors (Lipinski definition) is 2. The first-order valence-corrected chi connectivity index (χ1v) is 5.24. The lowest BCUT2D eigenvalue weighted by molar-refractivity contribution is 1.40. The minimum atomic E-state index is 0.755. The third-order valence-corrected chi connectivity index (χ3v) is 3.07. The molecule has 0 bridgehead atoms. The van der Waals surface area contributed by atoms with Crippen LogP contribution in [-0.4, -0.2) is 0 Å². The molecule has 0 aliphatic rings. The monoisotopic (exact) mass is 199 g/mol. The molecule has 1 aromatic heterocycles. The number of benzene rings is 1. The van der Waals surface area contributed by atoms with Gasteiger partial charge in [0.05, 0.1) is 11.6 Å². The Balaban J connectivity index is 2.49. The smallest absolute Gasteiger partial charge is 0.0994 e. The van der Waals surface area contributed by atoms with Crippen molar-refractivity contribution in [1.82, 2.24) is 0 Å². The normalized spacial score (nSPS) is 9.71. The predicted molar refractivity (Wildman–Crippen MR) is 59.2 cm³/mol. The largest absolute Gasteiger partial charge is 0.192 e. The van der Waals surface area contributed by atoms with E-state index in [-0.39, 0.29) is 0 Å². The van der Waals surface area contributed by atoms with Crippen molar-refractivity contribution in [2.45, 2.75) is 6.92 Å². The second-order valence-corrected chi connectivity index (χ2v) is 4.07. The van der Waals surface area contributed by atoms with Gasteiger partial charge in [-0.05, 0) is 41.6 Å². The van der Waals surface area contributed by atoms with E-state index < -0.39 is 0 Å². The highest BCUT2D eigenvalue weighted by atomic mass is 32.1. The Labute approximate surface area is 87.3 Å². The van der Waals surface area contributed by atoms with Gasteiger partial charge in [0.15, 0.2) is 0 Å². The van der Waals surface area contributed by atoms with Crippen molar-refractivity contribution in [3.05, 3.63) is 46.8 Å². The summed E-state index contributed by atoms with van der Waals surface area (Å²) in [6.07, 6.45) is 0. The first kappa shape index (κ1) is 8.98. The fourth-order valence-corrected chi connectivity index (χ4v) is 2.11. The third-order valence-electron chi connectivity index (χ3n) is 2.15. The molecule has 68 valence electrons. The molecule has 0 unspecified atom stereocenters. The van der Waals surface area contributed by atoms with E-state index >= 15 is 0 Å². The van der Waals surface area contributed by atoms with Gasteiger partial charge >= 0.3 is 0 Å². The molecule has 0 amide bonds. The van der Waals surface area contributed by atoms with Crippen LogP contribution in [0.5, 0.6) is 0 Å². The number of aryl methyl sites for hydroxylation is 1. The van der Waals surface area contributed by atoms with Crippen molar-refractivity contribution >= 4 is 11.3 Å². The first-order chi connectivity index (χ1) is 6.81. The summed E-state index contributed by atoms with van der Waals surface area (Å²) in [6, 6.07) is 12.2. The second kappa shape index (κ2) is 3.65. The molecule has 2 rings (SSSR count). The third kappa shape index (κ3) is 1.55. The van der Waals surface area contributed by atoms with Crippen LogP contribution >= 0.6 is 11.3 Å². The molecule has 14 heavy (non-hydrogen) atoms. The molecule has 2 aromatic rings. The van der Waals surface area contributed by atoms with Gasteiger partial charge in [-0.3, -0.25) is 0 Å². The van der Waals surface area contributed by atoms with Gasteiger partial charge in [0.1, 0.15) is 0 Å². The van der Waals surface area contributed by atoms with Crippen molar-refractivity contribution in [3.8, 4) is 16.5 Å². The Morgan fingerprint density at radius 3 is 2.71 bits per heavy atom. The Kier molecular flexibility index (Phi) is 2.34. The number of nitrogens with zero attached hydrogens (tertiary/aromatic N) is 1. The van der Waals surface area contributed by atoms with Gasteiger partial charge in [-0.1, -0.05) is 12.1 Å². The maximum absolute atomic E-state index is 8.79. The SMILES string of the molecule is Cc1cc(-c2cccs2)ccc1C#N. The van der Waals surface area contributed by atoms with Crippen molar-refractivity contribution < 1.29 is 0 Å². The van der Waals surface area contributed by atoms with Gasteiger partial charge in [0.2, 0.25) is 0 Å². The summed E-state index contributed by atoms with van der Waals surface area (Å²) in [7, 11) is 0. The zero-order valence-corrected chi connectivity index (χ0v) is 8.64. The van der Waals surface area contributed by atoms with Crippen LogP contribution in [0.1, 0.15) is 11.1 Å². The number of hydrogen-bond donors (Lipinski definition) is 0. The Morgan fingerprint density at radius 1 is 1.29 bits per heavy atom. The van der Waals surface area contributed by atoms with E-state index in [1.165, 1.54) is 10.4 Å². The Morgan fingerprint density at radius 2 is 2.14 bits per heavy atom. The highest BCUT2D eigenvalue weighted by Gasteiger charge is 2.01. The molecule has 1 nitrogen and oxygen atoms in total. The van der Waals surface area contributed by atoms with E-state index in [1.807, 2.05) is 25.1 Å². The molecule has 0 N–H and O–H groups in total. The van der Waals surface area contributed by atoms with Crippen molar-refractivity contribution in [2.75, 3.05) is 0 Å². The summed E-state index contributed by atoms with van der Waals surface area (Å²) < 4.78 is 0. The molecule has 0 saturated heterocycles. The molecule has 1 aromatic carbocycles. The first-order valence-electron chi connectivity index (χ1n) is 4.36. The van der Waals surface area contributed by atoms with Crippen LogP contribution in [0.2, 0.25) is 0 Å². The van der Waals surface area contributed by atoms with Crippen LogP contribution in [0.15, 0.2) is 35.7 Å². The predicted octanol–water partition coefficient (Wildman–Crippen LogP) is 3.60. The van der Waals surface area contributed by atoms with Gasteiger partial charge in [-0.25, -0.2) is 0 Å². The molecule has 0 saturated carbocycles. The lowest BCUT2D eigenvalue weighted by atomic mass is 10.1. The standard InChI is InChI=1S/C12H9NS/c1-9-7-10(4-5-11(9)8-13)12-3-2-6-14-12/h2-7H,1H3. The van der Waals surface area contributed by atoms with E-state index in [1.54, 1.807) is 11.3 Å². The van der Waals surface area contributed by atoms with E-state index in [0.717, 1.165) is 11.1 Å². The maximum Gasteiger partial charge on any atom is 0.0994 e. The summed E-state index contributed by atoms with van der Waals surface area (Å²) in [5.41, 5.74) is 2.99. The van der Waals surface area contributed by atoms with Crippen LogP contribution in [0.4, 0.5) is 0 Å². The number of nitriles is 1. The molecule has 0 spiro atoms. The number of thiophene rings is 1. The van der Waals surface area contributed by atoms with Crippen LogP contribution in [-0.2, 0) is 0 Å². The number of rotatable bonds is 1. The second-order valence-electron chi connectivity index (χ2n) is 3.12. The zero-order valence-electron chi connectivity index (χ0n) is 7.82. The van der Waals surface area contributed by atoms with Crippen molar-refractivity contribution in [1.29, 1.82) is 5.26 Å². The fourth-order valence-electron chi connectivity index (χ4n) is 1.39. The van der Waals surface area contributed by atoms with E-state index in [9.17, 15) is 0 Å². The Hall–Kier alpha value is -1.59. The van der Waals surface area contributed by atoms with E-state index in [4.69, 9.17) is 5.26 Å². The summed E-state index contributed by atoms with van der Waals surface area (Å²) in [5.74, 6) is 0. The van der Waals surface area contributed by atoms with Gasteiger partial charge in [0.25, 0.3) is 0 Å². The molecule has 0 radical (unpaired) electrons. The van der Waals surface area contributed by atoms with E-state index in [2.05, 4.69) is 23.6 Å². The zero-order chi connectivity index (χ0) is 9.97. The summed E-state index contributed by atoms with van der Waals surface area (Å²) >= 11 is 1.72. The molecule has 0 atom stereocenters. The maximum atomic E-state index is 8.79. The van der Waals surface area contributed by atoms with Gasteiger partial charge in [0, 0.05) is 4.88 Å². The summed E-state index contributed by atoms with van der Waals surface area (Å²) in [6.45, 7) is 1.97. The van der Waals surface area contributed by atoms with Crippen LogP contribution in [0.3, 0.4) is 0 Å².